The number of fused-ring (bicyclic) bond motifs is 11. The van der Waals surface area contributed by atoms with Crippen LogP contribution in [0.15, 0.2) is 120 Å². The van der Waals surface area contributed by atoms with Crippen LogP contribution >= 0.6 is 0 Å². The summed E-state index contributed by atoms with van der Waals surface area (Å²) in [5.74, 6) is 1.75. The molecule has 3 aliphatic rings. The number of furan rings is 1. The van der Waals surface area contributed by atoms with Gasteiger partial charge in [-0.25, -0.2) is 9.97 Å². The van der Waals surface area contributed by atoms with E-state index in [2.05, 4.69) is 129 Å². The summed E-state index contributed by atoms with van der Waals surface area (Å²) in [6.45, 7) is 13.8. The van der Waals surface area contributed by atoms with Gasteiger partial charge < -0.3 is 14.2 Å². The van der Waals surface area contributed by atoms with Crippen LogP contribution in [0.4, 0.5) is 23.0 Å². The number of anilines is 4. The highest BCUT2D eigenvalue weighted by molar-refractivity contribution is 6.06. The van der Waals surface area contributed by atoms with Gasteiger partial charge in [-0.05, 0) is 43.7 Å². The largest absolute Gasteiger partial charge is 0.456 e. The highest BCUT2D eigenvalue weighted by Gasteiger charge is 2.76. The van der Waals surface area contributed by atoms with E-state index in [9.17, 15) is 0 Å². The van der Waals surface area contributed by atoms with Crippen LogP contribution in [0.25, 0.3) is 21.9 Å². The van der Waals surface area contributed by atoms with Crippen LogP contribution < -0.4 is 9.80 Å². The Labute approximate surface area is 251 Å². The average molecular weight is 561 g/mol. The molecule has 210 valence electrons. The lowest BCUT2D eigenvalue weighted by Gasteiger charge is -2.43. The van der Waals surface area contributed by atoms with Crippen molar-refractivity contribution in [2.45, 2.75) is 44.7 Å². The molecule has 5 heteroatoms. The number of nitrogens with zero attached hydrogens (tertiary/aromatic N) is 4. The van der Waals surface area contributed by atoms with Gasteiger partial charge in [0.1, 0.15) is 17.3 Å². The van der Waals surface area contributed by atoms with Crippen molar-refractivity contribution >= 4 is 44.9 Å². The lowest BCUT2D eigenvalue weighted by molar-refractivity contribution is 0.376. The van der Waals surface area contributed by atoms with Gasteiger partial charge in [0.2, 0.25) is 0 Å². The minimum Gasteiger partial charge on any atom is -0.456 e. The molecule has 1 saturated carbocycles. The van der Waals surface area contributed by atoms with Crippen molar-refractivity contribution in [2.24, 2.45) is 5.41 Å². The first-order valence-corrected chi connectivity index (χ1v) is 15.0. The van der Waals surface area contributed by atoms with Crippen LogP contribution in [0.3, 0.4) is 0 Å². The summed E-state index contributed by atoms with van der Waals surface area (Å²) >= 11 is 0. The number of rotatable bonds is 3. The maximum absolute atomic E-state index is 6.47. The summed E-state index contributed by atoms with van der Waals surface area (Å²) in [5, 5.41) is 2.25. The maximum atomic E-state index is 6.47. The van der Waals surface area contributed by atoms with Crippen LogP contribution in [-0.2, 0) is 10.8 Å². The summed E-state index contributed by atoms with van der Waals surface area (Å²) in [4.78, 5) is 15.5. The Kier molecular flexibility index (Phi) is 4.55. The minimum atomic E-state index is -0.472. The molecule has 1 aliphatic carbocycles. The van der Waals surface area contributed by atoms with E-state index >= 15 is 0 Å². The highest BCUT2D eigenvalue weighted by Crippen LogP contribution is 2.77. The lowest BCUT2D eigenvalue weighted by Crippen LogP contribution is -2.50. The predicted octanol–water partition coefficient (Wildman–Crippen LogP) is 9.17. The van der Waals surface area contributed by atoms with Crippen LogP contribution in [0.2, 0.25) is 0 Å². The average Bonchev–Trinajstić information content (AvgIpc) is 3.35. The quantitative estimate of drug-likeness (QED) is 0.202. The number of benzene rings is 4. The fourth-order valence-electron chi connectivity index (χ4n) is 8.11. The Morgan fingerprint density at radius 2 is 1.51 bits per heavy atom. The van der Waals surface area contributed by atoms with E-state index in [1.807, 2.05) is 18.3 Å². The van der Waals surface area contributed by atoms with Crippen molar-refractivity contribution in [1.82, 2.24) is 9.97 Å². The first-order valence-electron chi connectivity index (χ1n) is 15.0. The zero-order chi connectivity index (χ0) is 29.3. The topological polar surface area (TPSA) is 45.4 Å². The molecular formula is C38H32N4O. The maximum Gasteiger partial charge on any atom is 0.178 e. The van der Waals surface area contributed by atoms with Crippen molar-refractivity contribution in [3.63, 3.8) is 0 Å². The van der Waals surface area contributed by atoms with Gasteiger partial charge in [-0.2, -0.15) is 0 Å². The second-order valence-electron chi connectivity index (χ2n) is 13.1. The minimum absolute atomic E-state index is 0.0329. The smallest absolute Gasteiger partial charge is 0.178 e. The molecule has 3 atom stereocenters. The monoisotopic (exact) mass is 560 g/mol. The molecule has 0 bridgehead atoms. The first kappa shape index (κ1) is 24.7. The fourth-order valence-corrected chi connectivity index (χ4v) is 8.11. The summed E-state index contributed by atoms with van der Waals surface area (Å²) < 4.78 is 6.47. The van der Waals surface area contributed by atoms with E-state index in [-0.39, 0.29) is 17.0 Å². The zero-order valence-corrected chi connectivity index (χ0v) is 24.8. The van der Waals surface area contributed by atoms with Crippen LogP contribution in [0.1, 0.15) is 44.5 Å². The van der Waals surface area contributed by atoms with E-state index in [1.165, 1.54) is 16.8 Å². The van der Waals surface area contributed by atoms with Gasteiger partial charge in [-0.15, -0.1) is 0 Å². The van der Waals surface area contributed by atoms with E-state index in [4.69, 9.17) is 14.4 Å². The molecular weight excluding hydrogens is 528 g/mol. The van der Waals surface area contributed by atoms with Gasteiger partial charge in [-0.1, -0.05) is 98.8 Å². The molecule has 4 aromatic carbocycles. The standard InChI is InChI=1S/C38H32N4O/c1-23-37(4)27-18-10-11-20-29(27)42-33-34(41(35(42)38(23,37)5)24-14-7-6-8-15-24)40-31(22-39-33)36(2,3)28-19-13-17-26-25-16-9-12-21-30(25)43-32(26)28/h6-22,35H,1H2,2-5H3. The summed E-state index contributed by atoms with van der Waals surface area (Å²) in [5.41, 5.74) is 7.85. The van der Waals surface area contributed by atoms with Crippen LogP contribution in [-0.4, -0.2) is 16.1 Å². The third-order valence-electron chi connectivity index (χ3n) is 10.9. The summed E-state index contributed by atoms with van der Waals surface area (Å²) in [7, 11) is 0. The number of para-hydroxylation sites is 4. The summed E-state index contributed by atoms with van der Waals surface area (Å²) in [6.07, 6.45) is 1.93. The number of aromatic nitrogens is 2. The highest BCUT2D eigenvalue weighted by atomic mass is 16.3. The van der Waals surface area contributed by atoms with Gasteiger partial charge in [0.05, 0.1) is 11.9 Å². The third kappa shape index (κ3) is 2.83. The SMILES string of the molecule is C=C1C2(C)c3ccccc3N3c4ncc(C(C)(C)c5cccc6c5oc5ccccc56)nc4N(c4ccccc4)C3C12C. The van der Waals surface area contributed by atoms with Gasteiger partial charge in [0.15, 0.2) is 11.6 Å². The molecule has 9 rings (SSSR count). The molecule has 5 nitrogen and oxygen atoms in total. The van der Waals surface area contributed by atoms with Crippen molar-refractivity contribution in [3.8, 4) is 0 Å². The van der Waals surface area contributed by atoms with Gasteiger partial charge in [0.25, 0.3) is 0 Å². The number of hydrogen-bond donors (Lipinski definition) is 0. The normalized spacial score (nSPS) is 23.7. The molecule has 0 radical (unpaired) electrons. The molecule has 0 amide bonds. The molecule has 0 N–H and O–H groups in total. The third-order valence-corrected chi connectivity index (χ3v) is 10.9. The fraction of sp³-hybridized carbons (Fsp3) is 0.211. The zero-order valence-electron chi connectivity index (χ0n) is 24.8. The molecule has 0 spiro atoms. The Morgan fingerprint density at radius 3 is 2.35 bits per heavy atom. The van der Waals surface area contributed by atoms with E-state index in [0.717, 1.165) is 50.5 Å². The Hall–Kier alpha value is -4.90. The molecule has 2 aliphatic heterocycles. The van der Waals surface area contributed by atoms with Crippen LogP contribution in [0.5, 0.6) is 0 Å². The van der Waals surface area contributed by atoms with E-state index in [0.29, 0.717) is 0 Å². The second kappa shape index (κ2) is 7.93. The summed E-state index contributed by atoms with van der Waals surface area (Å²) in [6, 6.07) is 34.0. The van der Waals surface area contributed by atoms with Gasteiger partial charge in [-0.3, -0.25) is 0 Å². The molecule has 1 fully saturated rings. The van der Waals surface area contributed by atoms with Crippen LogP contribution in [0, 0.1) is 5.41 Å². The molecule has 2 aromatic heterocycles. The van der Waals surface area contributed by atoms with Crippen molar-refractivity contribution in [3.05, 3.63) is 132 Å². The molecule has 0 saturated heterocycles. The molecule has 43 heavy (non-hydrogen) atoms. The molecule has 3 unspecified atom stereocenters. The Morgan fingerprint density at radius 1 is 0.791 bits per heavy atom. The number of hydrogen-bond acceptors (Lipinski definition) is 5. The first-order chi connectivity index (χ1) is 20.8. The molecule has 4 heterocycles. The van der Waals surface area contributed by atoms with Crippen molar-refractivity contribution in [1.29, 1.82) is 0 Å². The van der Waals surface area contributed by atoms with Crippen molar-refractivity contribution < 1.29 is 4.42 Å². The predicted molar refractivity (Wildman–Crippen MR) is 173 cm³/mol. The lowest BCUT2D eigenvalue weighted by atomic mass is 9.81. The Balaban J connectivity index is 1.27. The van der Waals surface area contributed by atoms with Crippen molar-refractivity contribution in [2.75, 3.05) is 9.80 Å². The van der Waals surface area contributed by atoms with E-state index < -0.39 is 5.41 Å². The Bertz CT molecular complexity index is 2150. The van der Waals surface area contributed by atoms with E-state index in [1.54, 1.807) is 0 Å². The second-order valence-corrected chi connectivity index (χ2v) is 13.1. The van der Waals surface area contributed by atoms with Gasteiger partial charge >= 0.3 is 0 Å². The van der Waals surface area contributed by atoms with Gasteiger partial charge in [0, 0.05) is 44.0 Å². The molecule has 6 aromatic rings.